The molecule has 4 nitrogen and oxygen atoms in total. The summed E-state index contributed by atoms with van der Waals surface area (Å²) in [5, 5.41) is 3.11. The molecule has 0 bridgehead atoms. The lowest BCUT2D eigenvalue weighted by Crippen LogP contribution is -2.51. The van der Waals surface area contributed by atoms with Crippen molar-refractivity contribution in [2.75, 3.05) is 20.1 Å². The fourth-order valence-corrected chi connectivity index (χ4v) is 3.81. The summed E-state index contributed by atoms with van der Waals surface area (Å²) in [6.45, 7) is 2.35. The van der Waals surface area contributed by atoms with Crippen molar-refractivity contribution in [1.82, 2.24) is 9.62 Å². The molecule has 0 atom stereocenters. The number of sulfonamides is 1. The van der Waals surface area contributed by atoms with Gasteiger partial charge in [0.2, 0.25) is 10.0 Å². The molecule has 0 unspecified atom stereocenters. The van der Waals surface area contributed by atoms with Crippen molar-refractivity contribution in [2.24, 2.45) is 0 Å². The van der Waals surface area contributed by atoms with Crippen molar-refractivity contribution in [3.63, 3.8) is 0 Å². The van der Waals surface area contributed by atoms with Gasteiger partial charge in [-0.25, -0.2) is 21.6 Å². The molecule has 0 radical (unpaired) electrons. The zero-order chi connectivity index (χ0) is 15.8. The summed E-state index contributed by atoms with van der Waals surface area (Å²) in [7, 11) is -2.38. The van der Waals surface area contributed by atoms with Gasteiger partial charge in [-0.3, -0.25) is 0 Å². The third-order valence-electron chi connectivity index (χ3n) is 4.05. The Morgan fingerprint density at radius 3 is 2.24 bits per heavy atom. The van der Waals surface area contributed by atoms with Gasteiger partial charge in [-0.05, 0) is 38.9 Å². The van der Waals surface area contributed by atoms with E-state index in [4.69, 9.17) is 0 Å². The Kier molecular flexibility index (Phi) is 4.32. The molecular weight excluding hydrogens is 305 g/mol. The second kappa shape index (κ2) is 5.58. The predicted octanol–water partition coefficient (Wildman–Crippen LogP) is 1.87. The summed E-state index contributed by atoms with van der Waals surface area (Å²) in [5.74, 6) is -4.85. The van der Waals surface area contributed by atoms with Gasteiger partial charge in [0.1, 0.15) is 4.90 Å². The molecule has 0 saturated carbocycles. The maximum Gasteiger partial charge on any atom is 0.246 e. The van der Waals surface area contributed by atoms with Crippen molar-refractivity contribution < 1.29 is 21.6 Å². The van der Waals surface area contributed by atoms with Crippen LogP contribution in [-0.4, -0.2) is 38.4 Å². The molecule has 1 heterocycles. The van der Waals surface area contributed by atoms with E-state index in [1.54, 1.807) is 7.05 Å². The zero-order valence-corrected chi connectivity index (χ0v) is 12.6. The van der Waals surface area contributed by atoms with Crippen molar-refractivity contribution >= 4 is 10.0 Å². The first-order chi connectivity index (χ1) is 9.71. The van der Waals surface area contributed by atoms with E-state index < -0.39 is 32.4 Å². The van der Waals surface area contributed by atoms with E-state index >= 15 is 0 Å². The molecule has 1 aliphatic heterocycles. The Morgan fingerprint density at radius 2 is 1.71 bits per heavy atom. The average molecular weight is 322 g/mol. The number of rotatable bonds is 3. The summed E-state index contributed by atoms with van der Waals surface area (Å²) in [6, 6.07) is 1.38. The molecular formula is C13H17F3N2O2S. The van der Waals surface area contributed by atoms with E-state index in [0.29, 0.717) is 18.9 Å². The van der Waals surface area contributed by atoms with Gasteiger partial charge in [-0.1, -0.05) is 0 Å². The van der Waals surface area contributed by atoms with Crippen LogP contribution >= 0.6 is 0 Å². The first-order valence-corrected chi connectivity index (χ1v) is 7.98. The number of nitrogens with one attached hydrogen (secondary N) is 1. The molecule has 1 N–H and O–H groups in total. The molecule has 1 aromatic carbocycles. The van der Waals surface area contributed by atoms with E-state index in [0.717, 1.165) is 10.4 Å². The van der Waals surface area contributed by atoms with Crippen LogP contribution in [0.3, 0.4) is 0 Å². The average Bonchev–Trinajstić information content (AvgIpc) is 2.45. The van der Waals surface area contributed by atoms with Gasteiger partial charge < -0.3 is 5.32 Å². The van der Waals surface area contributed by atoms with E-state index in [-0.39, 0.29) is 18.6 Å². The fraction of sp³-hybridized carbons (Fsp3) is 0.538. The van der Waals surface area contributed by atoms with Gasteiger partial charge in [0.25, 0.3) is 0 Å². The van der Waals surface area contributed by atoms with Crippen LogP contribution in [0.5, 0.6) is 0 Å². The van der Waals surface area contributed by atoms with Gasteiger partial charge in [-0.2, -0.15) is 4.31 Å². The molecule has 8 heteroatoms. The third kappa shape index (κ3) is 2.93. The van der Waals surface area contributed by atoms with Crippen molar-refractivity contribution in [2.45, 2.75) is 30.2 Å². The lowest BCUT2D eigenvalue weighted by molar-refractivity contribution is 0.219. The highest BCUT2D eigenvalue weighted by Gasteiger charge is 2.36. The van der Waals surface area contributed by atoms with Gasteiger partial charge in [0, 0.05) is 18.6 Å². The van der Waals surface area contributed by atoms with Crippen LogP contribution in [0.2, 0.25) is 0 Å². The highest BCUT2D eigenvalue weighted by Crippen LogP contribution is 2.28. The Morgan fingerprint density at radius 1 is 1.14 bits per heavy atom. The Bertz CT molecular complexity index is 641. The summed E-state index contributed by atoms with van der Waals surface area (Å²) in [5.41, 5.74) is -0.182. The van der Waals surface area contributed by atoms with Crippen LogP contribution in [0.1, 0.15) is 19.8 Å². The predicted molar refractivity (Wildman–Crippen MR) is 71.8 cm³/mol. The first-order valence-electron chi connectivity index (χ1n) is 6.54. The topological polar surface area (TPSA) is 49.4 Å². The van der Waals surface area contributed by atoms with Crippen LogP contribution in [0, 0.1) is 17.5 Å². The highest BCUT2D eigenvalue weighted by atomic mass is 32.2. The normalized spacial score (nSPS) is 19.7. The number of halogens is 3. The van der Waals surface area contributed by atoms with Crippen molar-refractivity contribution in [3.05, 3.63) is 29.6 Å². The van der Waals surface area contributed by atoms with E-state index in [2.05, 4.69) is 5.32 Å². The zero-order valence-electron chi connectivity index (χ0n) is 11.8. The number of piperidine rings is 1. The quantitative estimate of drug-likeness (QED) is 0.864. The van der Waals surface area contributed by atoms with Crippen LogP contribution in [0.15, 0.2) is 17.0 Å². The lowest BCUT2D eigenvalue weighted by Gasteiger charge is -2.38. The Labute approximate surface area is 122 Å². The maximum absolute atomic E-state index is 13.7. The standard InChI is InChI=1S/C13H17F3N2O2S/c1-13(17-2)5-7-18(8-6-13)21(19,20)10-4-3-9(14)11(15)12(10)16/h3-4,17H,5-8H2,1-2H3. The highest BCUT2D eigenvalue weighted by molar-refractivity contribution is 7.89. The molecule has 1 aromatic rings. The van der Waals surface area contributed by atoms with Crippen molar-refractivity contribution in [1.29, 1.82) is 0 Å². The minimum Gasteiger partial charge on any atom is -0.314 e. The van der Waals surface area contributed by atoms with E-state index in [1.165, 1.54) is 0 Å². The summed E-state index contributed by atoms with van der Waals surface area (Å²) < 4.78 is 65.6. The molecule has 21 heavy (non-hydrogen) atoms. The molecule has 118 valence electrons. The molecule has 0 aliphatic carbocycles. The Hall–Kier alpha value is -1.12. The molecule has 1 saturated heterocycles. The maximum atomic E-state index is 13.7. The van der Waals surface area contributed by atoms with Gasteiger partial charge in [0.05, 0.1) is 0 Å². The molecule has 1 fully saturated rings. The molecule has 0 amide bonds. The molecule has 2 rings (SSSR count). The summed E-state index contributed by atoms with van der Waals surface area (Å²) >= 11 is 0. The Balaban J connectivity index is 2.30. The van der Waals surface area contributed by atoms with E-state index in [1.807, 2.05) is 6.92 Å². The first kappa shape index (κ1) is 16.3. The number of nitrogens with zero attached hydrogens (tertiary/aromatic N) is 1. The molecule has 0 spiro atoms. The monoisotopic (exact) mass is 322 g/mol. The minimum absolute atomic E-state index is 0.182. The molecule has 0 aromatic heterocycles. The summed E-state index contributed by atoms with van der Waals surface area (Å²) in [6.07, 6.45) is 1.10. The number of hydrogen-bond acceptors (Lipinski definition) is 3. The van der Waals surface area contributed by atoms with Crippen LogP contribution < -0.4 is 5.32 Å². The number of hydrogen-bond donors (Lipinski definition) is 1. The second-order valence-corrected chi connectivity index (χ2v) is 7.29. The largest absolute Gasteiger partial charge is 0.314 e. The SMILES string of the molecule is CNC1(C)CCN(S(=O)(=O)c2ccc(F)c(F)c2F)CC1. The van der Waals surface area contributed by atoms with Gasteiger partial charge in [-0.15, -0.1) is 0 Å². The number of benzene rings is 1. The smallest absolute Gasteiger partial charge is 0.246 e. The lowest BCUT2D eigenvalue weighted by atomic mass is 9.91. The van der Waals surface area contributed by atoms with Crippen molar-refractivity contribution in [3.8, 4) is 0 Å². The summed E-state index contributed by atoms with van der Waals surface area (Å²) in [4.78, 5) is -0.825. The fourth-order valence-electron chi connectivity index (χ4n) is 2.32. The van der Waals surface area contributed by atoms with Gasteiger partial charge in [0.15, 0.2) is 17.5 Å². The molecule has 1 aliphatic rings. The van der Waals surface area contributed by atoms with Crippen LogP contribution in [-0.2, 0) is 10.0 Å². The second-order valence-electron chi connectivity index (χ2n) is 5.39. The third-order valence-corrected chi connectivity index (χ3v) is 5.96. The minimum atomic E-state index is -4.17. The van der Waals surface area contributed by atoms with Gasteiger partial charge >= 0.3 is 0 Å². The van der Waals surface area contributed by atoms with Crippen LogP contribution in [0.25, 0.3) is 0 Å². The van der Waals surface area contributed by atoms with Crippen LogP contribution in [0.4, 0.5) is 13.2 Å². The van der Waals surface area contributed by atoms with E-state index in [9.17, 15) is 21.6 Å².